The molecule has 0 bridgehead atoms. The minimum atomic E-state index is 0. The minimum absolute atomic E-state index is 0. The first kappa shape index (κ1) is 20.7. The van der Waals surface area contributed by atoms with Gasteiger partial charge in [-0.3, -0.25) is 9.58 Å². The lowest BCUT2D eigenvalue weighted by Gasteiger charge is -2.47. The first-order chi connectivity index (χ1) is 10.1. The third-order valence-corrected chi connectivity index (χ3v) is 4.96. The number of ether oxygens (including phenoxy) is 1. The van der Waals surface area contributed by atoms with Gasteiger partial charge in [0, 0.05) is 24.8 Å². The SMILES string of the molecule is Cc1cc(C)n(CC(C)N2CCOC3(CCNCC3)C2)n1.Cl.Cl. The summed E-state index contributed by atoms with van der Waals surface area (Å²) in [7, 11) is 0. The molecule has 1 aromatic rings. The molecule has 7 heteroatoms. The first-order valence-corrected chi connectivity index (χ1v) is 8.18. The molecule has 0 radical (unpaired) electrons. The van der Waals surface area contributed by atoms with E-state index in [4.69, 9.17) is 4.74 Å². The van der Waals surface area contributed by atoms with Gasteiger partial charge in [-0.1, -0.05) is 0 Å². The van der Waals surface area contributed by atoms with Crippen LogP contribution in [0.25, 0.3) is 0 Å². The molecule has 0 saturated carbocycles. The maximum atomic E-state index is 6.16. The highest BCUT2D eigenvalue weighted by Gasteiger charge is 2.38. The summed E-state index contributed by atoms with van der Waals surface area (Å²) in [6.07, 6.45) is 2.27. The molecule has 5 nitrogen and oxygen atoms in total. The molecule has 1 aromatic heterocycles. The molecule has 0 amide bonds. The van der Waals surface area contributed by atoms with Gasteiger partial charge in [0.2, 0.25) is 0 Å². The van der Waals surface area contributed by atoms with Crippen LogP contribution in [0.15, 0.2) is 6.07 Å². The summed E-state index contributed by atoms with van der Waals surface area (Å²) in [6, 6.07) is 2.65. The van der Waals surface area contributed by atoms with Crippen molar-refractivity contribution in [2.24, 2.45) is 0 Å². The normalized spacial score (nSPS) is 22.2. The lowest BCUT2D eigenvalue weighted by molar-refractivity contribution is -0.132. The number of piperidine rings is 1. The quantitative estimate of drug-likeness (QED) is 0.892. The minimum Gasteiger partial charge on any atom is -0.372 e. The van der Waals surface area contributed by atoms with Crippen molar-refractivity contribution >= 4 is 24.8 Å². The molecule has 2 saturated heterocycles. The van der Waals surface area contributed by atoms with Crippen molar-refractivity contribution in [3.05, 3.63) is 17.5 Å². The molecule has 134 valence electrons. The maximum absolute atomic E-state index is 6.16. The van der Waals surface area contributed by atoms with Crippen LogP contribution in [-0.4, -0.2) is 59.1 Å². The van der Waals surface area contributed by atoms with E-state index in [0.717, 1.165) is 57.9 Å². The fraction of sp³-hybridized carbons (Fsp3) is 0.812. The molecule has 3 heterocycles. The third-order valence-electron chi connectivity index (χ3n) is 4.96. The smallest absolute Gasteiger partial charge is 0.0833 e. The van der Waals surface area contributed by atoms with E-state index >= 15 is 0 Å². The molecule has 0 aliphatic carbocycles. The Balaban J connectivity index is 0.00000132. The van der Waals surface area contributed by atoms with Crippen LogP contribution in [0.1, 0.15) is 31.2 Å². The molecular weight excluding hydrogens is 335 g/mol. The second kappa shape index (κ2) is 8.67. The van der Waals surface area contributed by atoms with Crippen LogP contribution in [0.2, 0.25) is 0 Å². The highest BCUT2D eigenvalue weighted by molar-refractivity contribution is 5.85. The van der Waals surface area contributed by atoms with Gasteiger partial charge in [0.15, 0.2) is 0 Å². The number of aryl methyl sites for hydroxylation is 2. The fourth-order valence-corrected chi connectivity index (χ4v) is 3.66. The van der Waals surface area contributed by atoms with Crippen LogP contribution in [0.3, 0.4) is 0 Å². The maximum Gasteiger partial charge on any atom is 0.0833 e. The Hall–Kier alpha value is -0.330. The number of aromatic nitrogens is 2. The summed E-state index contributed by atoms with van der Waals surface area (Å²) in [6.45, 7) is 12.6. The monoisotopic (exact) mass is 364 g/mol. The Bertz CT molecular complexity index is 483. The third kappa shape index (κ3) is 4.83. The highest BCUT2D eigenvalue weighted by atomic mass is 35.5. The van der Waals surface area contributed by atoms with E-state index in [-0.39, 0.29) is 30.4 Å². The van der Waals surface area contributed by atoms with Gasteiger partial charge in [-0.05, 0) is 52.8 Å². The van der Waals surface area contributed by atoms with Crippen molar-refractivity contribution in [1.82, 2.24) is 20.0 Å². The molecule has 0 aromatic carbocycles. The Labute approximate surface area is 152 Å². The standard InChI is InChI=1S/C16H28N4O.2ClH/c1-13-10-14(2)20(18-13)11-15(3)19-8-9-21-16(12-19)4-6-17-7-5-16;;/h10,15,17H,4-9,11-12H2,1-3H3;2*1H. The van der Waals surface area contributed by atoms with Crippen molar-refractivity contribution in [2.75, 3.05) is 32.8 Å². The summed E-state index contributed by atoms with van der Waals surface area (Å²) in [5.74, 6) is 0. The molecular formula is C16H30Cl2N4O. The largest absolute Gasteiger partial charge is 0.372 e. The Morgan fingerprint density at radius 3 is 2.61 bits per heavy atom. The zero-order valence-electron chi connectivity index (χ0n) is 14.4. The Morgan fingerprint density at radius 1 is 1.30 bits per heavy atom. The lowest BCUT2D eigenvalue weighted by Crippen LogP contribution is -2.58. The lowest BCUT2D eigenvalue weighted by atomic mass is 9.90. The van der Waals surface area contributed by atoms with E-state index in [1.807, 2.05) is 0 Å². The van der Waals surface area contributed by atoms with Crippen LogP contribution in [0.4, 0.5) is 0 Å². The van der Waals surface area contributed by atoms with Crippen LogP contribution in [-0.2, 0) is 11.3 Å². The number of hydrogen-bond donors (Lipinski definition) is 1. The Morgan fingerprint density at radius 2 is 2.00 bits per heavy atom. The summed E-state index contributed by atoms with van der Waals surface area (Å²) in [4.78, 5) is 2.59. The van der Waals surface area contributed by atoms with Gasteiger partial charge in [0.05, 0.1) is 24.4 Å². The fourth-order valence-electron chi connectivity index (χ4n) is 3.66. The van der Waals surface area contributed by atoms with Gasteiger partial charge in [0.1, 0.15) is 0 Å². The van der Waals surface area contributed by atoms with E-state index in [1.165, 1.54) is 5.69 Å². The van der Waals surface area contributed by atoms with E-state index < -0.39 is 0 Å². The second-order valence-electron chi connectivity index (χ2n) is 6.71. The molecule has 1 atom stereocenters. The van der Waals surface area contributed by atoms with E-state index in [9.17, 15) is 0 Å². The van der Waals surface area contributed by atoms with Gasteiger partial charge in [-0.2, -0.15) is 5.10 Å². The molecule has 1 N–H and O–H groups in total. The summed E-state index contributed by atoms with van der Waals surface area (Å²) in [5.41, 5.74) is 2.45. The highest BCUT2D eigenvalue weighted by Crippen LogP contribution is 2.28. The van der Waals surface area contributed by atoms with Gasteiger partial charge in [0.25, 0.3) is 0 Å². The van der Waals surface area contributed by atoms with Crippen LogP contribution in [0, 0.1) is 13.8 Å². The second-order valence-corrected chi connectivity index (χ2v) is 6.71. The van der Waals surface area contributed by atoms with Crippen LogP contribution >= 0.6 is 24.8 Å². The summed E-state index contributed by atoms with van der Waals surface area (Å²) < 4.78 is 8.30. The number of nitrogens with zero attached hydrogens (tertiary/aromatic N) is 3. The molecule has 1 spiro atoms. The summed E-state index contributed by atoms with van der Waals surface area (Å²) in [5, 5.41) is 8.04. The average molecular weight is 365 g/mol. The summed E-state index contributed by atoms with van der Waals surface area (Å²) >= 11 is 0. The topological polar surface area (TPSA) is 42.3 Å². The number of halogens is 2. The molecule has 1 unspecified atom stereocenters. The molecule has 2 aliphatic heterocycles. The van der Waals surface area contributed by atoms with Crippen molar-refractivity contribution < 1.29 is 4.74 Å². The van der Waals surface area contributed by atoms with Crippen LogP contribution < -0.4 is 5.32 Å². The van der Waals surface area contributed by atoms with Crippen LogP contribution in [0.5, 0.6) is 0 Å². The van der Waals surface area contributed by atoms with Crippen molar-refractivity contribution in [3.63, 3.8) is 0 Å². The predicted molar refractivity (Wildman–Crippen MR) is 98.0 cm³/mol. The number of nitrogens with one attached hydrogen (secondary N) is 1. The predicted octanol–water partition coefficient (Wildman–Crippen LogP) is 2.19. The van der Waals surface area contributed by atoms with E-state index in [2.05, 4.69) is 46.8 Å². The van der Waals surface area contributed by atoms with E-state index in [1.54, 1.807) is 0 Å². The molecule has 3 rings (SSSR count). The molecule has 23 heavy (non-hydrogen) atoms. The molecule has 2 fully saturated rings. The van der Waals surface area contributed by atoms with Gasteiger partial charge >= 0.3 is 0 Å². The van der Waals surface area contributed by atoms with Gasteiger partial charge in [-0.15, -0.1) is 24.8 Å². The van der Waals surface area contributed by atoms with Crippen molar-refractivity contribution in [1.29, 1.82) is 0 Å². The average Bonchev–Trinajstić information content (AvgIpc) is 2.78. The number of morpholine rings is 1. The van der Waals surface area contributed by atoms with Crippen molar-refractivity contribution in [3.8, 4) is 0 Å². The van der Waals surface area contributed by atoms with Gasteiger partial charge < -0.3 is 10.1 Å². The van der Waals surface area contributed by atoms with Crippen molar-refractivity contribution in [2.45, 2.75) is 51.8 Å². The van der Waals surface area contributed by atoms with Gasteiger partial charge in [-0.25, -0.2) is 0 Å². The molecule has 2 aliphatic rings. The first-order valence-electron chi connectivity index (χ1n) is 8.18. The number of hydrogen-bond acceptors (Lipinski definition) is 4. The Kier molecular flexibility index (Phi) is 7.81. The zero-order valence-corrected chi connectivity index (χ0v) is 16.0. The zero-order chi connectivity index (χ0) is 14.9. The van der Waals surface area contributed by atoms with E-state index in [0.29, 0.717) is 6.04 Å². The number of rotatable bonds is 3.